The third kappa shape index (κ3) is 6.11. The number of carbonyl (C=O) groups is 1. The number of aryl methyl sites for hydroxylation is 1. The van der Waals surface area contributed by atoms with Crippen molar-refractivity contribution in [2.24, 2.45) is 5.92 Å². The van der Waals surface area contributed by atoms with E-state index < -0.39 is 0 Å². The van der Waals surface area contributed by atoms with E-state index in [9.17, 15) is 4.79 Å². The summed E-state index contributed by atoms with van der Waals surface area (Å²) in [5, 5.41) is 11.1. The van der Waals surface area contributed by atoms with Gasteiger partial charge in [0.05, 0.1) is 12.1 Å². The maximum absolute atomic E-state index is 13.6. The van der Waals surface area contributed by atoms with Gasteiger partial charge in [-0.2, -0.15) is 4.98 Å². The van der Waals surface area contributed by atoms with Crippen molar-refractivity contribution >= 4 is 34.3 Å². The lowest BCUT2D eigenvalue weighted by Gasteiger charge is -2.30. The van der Waals surface area contributed by atoms with Crippen LogP contribution in [0.3, 0.4) is 0 Å². The molecular formula is C31H36N6O. The zero-order valence-corrected chi connectivity index (χ0v) is 22.2. The molecule has 0 atom stereocenters. The molecule has 0 aliphatic carbocycles. The molecule has 0 saturated carbocycles. The van der Waals surface area contributed by atoms with Crippen LogP contribution in [0.2, 0.25) is 0 Å². The topological polar surface area (TPSA) is 82.2 Å². The Morgan fingerprint density at radius 2 is 1.71 bits per heavy atom. The van der Waals surface area contributed by atoms with E-state index >= 15 is 0 Å². The van der Waals surface area contributed by atoms with Crippen molar-refractivity contribution in [3.63, 3.8) is 0 Å². The summed E-state index contributed by atoms with van der Waals surface area (Å²) in [5.74, 6) is 1.69. The van der Waals surface area contributed by atoms with Crippen LogP contribution in [-0.2, 0) is 17.9 Å². The van der Waals surface area contributed by atoms with E-state index in [1.54, 1.807) is 0 Å². The number of rotatable bonds is 9. The maximum atomic E-state index is 13.6. The van der Waals surface area contributed by atoms with Gasteiger partial charge in [0.1, 0.15) is 5.82 Å². The molecule has 196 valence electrons. The van der Waals surface area contributed by atoms with Gasteiger partial charge in [-0.05, 0) is 80.7 Å². The molecular weight excluding hydrogens is 472 g/mol. The van der Waals surface area contributed by atoms with Gasteiger partial charge < -0.3 is 20.9 Å². The Labute approximate surface area is 224 Å². The summed E-state index contributed by atoms with van der Waals surface area (Å²) in [5.41, 5.74) is 5.26. The van der Waals surface area contributed by atoms with Gasteiger partial charge in [0.15, 0.2) is 0 Å². The number of nitrogens with one attached hydrogen (secondary N) is 3. The fourth-order valence-corrected chi connectivity index (χ4v) is 4.94. The van der Waals surface area contributed by atoms with Crippen LogP contribution in [0.4, 0.5) is 17.5 Å². The molecule has 2 heterocycles. The Bertz CT molecular complexity index is 1370. The van der Waals surface area contributed by atoms with Crippen LogP contribution < -0.4 is 20.9 Å². The zero-order chi connectivity index (χ0) is 26.3. The lowest BCUT2D eigenvalue weighted by molar-refractivity contribution is -0.123. The lowest BCUT2D eigenvalue weighted by Crippen LogP contribution is -2.40. The Kier molecular flexibility index (Phi) is 8.14. The highest BCUT2D eigenvalue weighted by atomic mass is 16.2. The second-order valence-electron chi connectivity index (χ2n) is 9.90. The largest absolute Gasteiger partial charge is 0.365 e. The molecule has 0 spiro atoms. The van der Waals surface area contributed by atoms with Crippen molar-refractivity contribution in [2.75, 3.05) is 35.2 Å². The number of nitrogens with zero attached hydrogens (tertiary/aromatic N) is 3. The minimum atomic E-state index is 0.0573. The van der Waals surface area contributed by atoms with E-state index in [0.29, 0.717) is 19.0 Å². The Morgan fingerprint density at radius 3 is 2.45 bits per heavy atom. The third-order valence-corrected chi connectivity index (χ3v) is 7.03. The number of benzene rings is 3. The molecule has 3 aromatic carbocycles. The fourth-order valence-electron chi connectivity index (χ4n) is 4.94. The number of piperidine rings is 1. The monoisotopic (exact) mass is 508 g/mol. The van der Waals surface area contributed by atoms with E-state index in [4.69, 9.17) is 4.98 Å². The molecule has 5 rings (SSSR count). The molecule has 0 radical (unpaired) electrons. The van der Waals surface area contributed by atoms with Gasteiger partial charge >= 0.3 is 0 Å². The molecule has 7 nitrogen and oxygen atoms in total. The highest BCUT2D eigenvalue weighted by Gasteiger charge is 2.27. The van der Waals surface area contributed by atoms with E-state index in [0.717, 1.165) is 66.0 Å². The number of hydrogen-bond donors (Lipinski definition) is 3. The van der Waals surface area contributed by atoms with Crippen LogP contribution in [0.15, 0.2) is 72.8 Å². The SMILES string of the molecule is CCNc1nc(NCc2ccc(N(Cc3ccccc3)C(=O)C3CCNCC3)cc2)c2ccc(C)cc2n1. The van der Waals surface area contributed by atoms with Gasteiger partial charge in [0, 0.05) is 30.1 Å². The van der Waals surface area contributed by atoms with Crippen molar-refractivity contribution in [1.82, 2.24) is 15.3 Å². The van der Waals surface area contributed by atoms with Crippen molar-refractivity contribution in [1.29, 1.82) is 0 Å². The fraction of sp³-hybridized carbons (Fsp3) is 0.323. The van der Waals surface area contributed by atoms with Crippen LogP contribution >= 0.6 is 0 Å². The first kappa shape index (κ1) is 25.7. The second kappa shape index (κ2) is 12.0. The van der Waals surface area contributed by atoms with Crippen LogP contribution in [0.1, 0.15) is 36.5 Å². The first-order valence-corrected chi connectivity index (χ1v) is 13.5. The summed E-state index contributed by atoms with van der Waals surface area (Å²) in [4.78, 5) is 24.9. The first-order chi connectivity index (χ1) is 18.6. The minimum absolute atomic E-state index is 0.0573. The predicted octanol–water partition coefficient (Wildman–Crippen LogP) is 5.51. The van der Waals surface area contributed by atoms with E-state index in [1.807, 2.05) is 30.0 Å². The van der Waals surface area contributed by atoms with Gasteiger partial charge in [-0.1, -0.05) is 48.5 Å². The van der Waals surface area contributed by atoms with Gasteiger partial charge in [0.2, 0.25) is 11.9 Å². The summed E-state index contributed by atoms with van der Waals surface area (Å²) in [6.45, 7) is 7.84. The zero-order valence-electron chi connectivity index (χ0n) is 22.2. The molecule has 1 aromatic heterocycles. The molecule has 1 saturated heterocycles. The first-order valence-electron chi connectivity index (χ1n) is 13.5. The number of aromatic nitrogens is 2. The third-order valence-electron chi connectivity index (χ3n) is 7.03. The van der Waals surface area contributed by atoms with E-state index in [-0.39, 0.29) is 11.8 Å². The quantitative estimate of drug-likeness (QED) is 0.276. The molecule has 7 heteroatoms. The molecule has 0 bridgehead atoms. The number of amides is 1. The smallest absolute Gasteiger partial charge is 0.230 e. The summed E-state index contributed by atoms with van der Waals surface area (Å²) in [6, 6.07) is 24.8. The Balaban J connectivity index is 1.35. The predicted molar refractivity (Wildman–Crippen MR) is 155 cm³/mol. The average molecular weight is 509 g/mol. The van der Waals surface area contributed by atoms with E-state index in [1.165, 1.54) is 5.56 Å². The van der Waals surface area contributed by atoms with Gasteiger partial charge in [0.25, 0.3) is 0 Å². The van der Waals surface area contributed by atoms with Crippen molar-refractivity contribution in [3.8, 4) is 0 Å². The molecule has 38 heavy (non-hydrogen) atoms. The number of anilines is 3. The maximum Gasteiger partial charge on any atom is 0.230 e. The molecule has 0 unspecified atom stereocenters. The van der Waals surface area contributed by atoms with Crippen LogP contribution in [0.25, 0.3) is 10.9 Å². The summed E-state index contributed by atoms with van der Waals surface area (Å²) in [7, 11) is 0. The normalized spacial score (nSPS) is 13.8. The Hall–Kier alpha value is -3.97. The van der Waals surface area contributed by atoms with Crippen molar-refractivity contribution < 1.29 is 4.79 Å². The molecule has 1 amide bonds. The molecule has 1 fully saturated rings. The van der Waals surface area contributed by atoms with Crippen molar-refractivity contribution in [3.05, 3.63) is 89.5 Å². The molecule has 3 N–H and O–H groups in total. The minimum Gasteiger partial charge on any atom is -0.365 e. The van der Waals surface area contributed by atoms with Gasteiger partial charge in [-0.15, -0.1) is 0 Å². The standard InChI is InChI=1S/C31H36N6O/c1-3-33-31-35-28-19-22(2)9-14-27(28)29(36-31)34-20-23-10-12-26(13-11-23)37(21-24-7-5-4-6-8-24)30(38)25-15-17-32-18-16-25/h4-14,19,25,32H,3,15-18,20-21H2,1-2H3,(H2,33,34,35,36). The highest BCUT2D eigenvalue weighted by molar-refractivity contribution is 5.95. The molecule has 4 aromatic rings. The number of fused-ring (bicyclic) bond motifs is 1. The van der Waals surface area contributed by atoms with E-state index in [2.05, 4.69) is 82.5 Å². The molecule has 1 aliphatic heterocycles. The van der Waals surface area contributed by atoms with Gasteiger partial charge in [-0.3, -0.25) is 4.79 Å². The summed E-state index contributed by atoms with van der Waals surface area (Å²) < 4.78 is 0. The average Bonchev–Trinajstić information content (AvgIpc) is 2.95. The van der Waals surface area contributed by atoms with Crippen LogP contribution in [-0.4, -0.2) is 35.5 Å². The summed E-state index contributed by atoms with van der Waals surface area (Å²) in [6.07, 6.45) is 1.76. The second-order valence-corrected chi connectivity index (χ2v) is 9.90. The molecule has 1 aliphatic rings. The van der Waals surface area contributed by atoms with Gasteiger partial charge in [-0.25, -0.2) is 4.98 Å². The lowest BCUT2D eigenvalue weighted by atomic mass is 9.96. The highest BCUT2D eigenvalue weighted by Crippen LogP contribution is 2.26. The Morgan fingerprint density at radius 1 is 0.947 bits per heavy atom. The summed E-state index contributed by atoms with van der Waals surface area (Å²) >= 11 is 0. The van der Waals surface area contributed by atoms with Crippen molar-refractivity contribution in [2.45, 2.75) is 39.8 Å². The van der Waals surface area contributed by atoms with Crippen LogP contribution in [0.5, 0.6) is 0 Å². The van der Waals surface area contributed by atoms with Crippen LogP contribution in [0, 0.1) is 12.8 Å². The number of hydrogen-bond acceptors (Lipinski definition) is 6. The number of carbonyl (C=O) groups excluding carboxylic acids is 1.